The highest BCUT2D eigenvalue weighted by atomic mass is 32.2. The largest absolute Gasteiger partial charge is 0.482 e. The highest BCUT2D eigenvalue weighted by molar-refractivity contribution is 7.89. The van der Waals surface area contributed by atoms with E-state index in [9.17, 15) is 18.0 Å². The van der Waals surface area contributed by atoms with Crippen LogP contribution in [0.5, 0.6) is 5.75 Å². The van der Waals surface area contributed by atoms with Crippen LogP contribution in [0.25, 0.3) is 0 Å². The Bertz CT molecular complexity index is 934. The predicted molar refractivity (Wildman–Crippen MR) is 116 cm³/mol. The van der Waals surface area contributed by atoms with Gasteiger partial charge in [0.2, 0.25) is 15.9 Å². The Balaban J connectivity index is 1.45. The Hall–Kier alpha value is -2.13. The minimum atomic E-state index is -3.67. The van der Waals surface area contributed by atoms with Gasteiger partial charge < -0.3 is 10.1 Å². The minimum Gasteiger partial charge on any atom is -0.482 e. The molecule has 1 aliphatic heterocycles. The van der Waals surface area contributed by atoms with E-state index < -0.39 is 10.0 Å². The summed E-state index contributed by atoms with van der Waals surface area (Å²) in [5.41, 5.74) is 0.420. The lowest BCUT2D eigenvalue weighted by molar-refractivity contribution is -0.125. The lowest BCUT2D eigenvalue weighted by Gasteiger charge is -2.31. The summed E-state index contributed by atoms with van der Waals surface area (Å²) < 4.78 is 33.7. The standard InChI is InChI=1S/C22H31N3O5S/c1-15-6-8-16(9-7-15)23-21(26)13-25-19-11-10-18(12-20(19)30-14-22(25)27)31(28,29)24-17-4-2-3-5-17/h10-12,15-17,24H,2-9,13-14H2,1H3,(H,23,26). The van der Waals surface area contributed by atoms with Crippen LogP contribution in [-0.4, -0.2) is 45.5 Å². The number of sulfonamides is 1. The van der Waals surface area contributed by atoms with Crippen LogP contribution >= 0.6 is 0 Å². The second-order valence-electron chi connectivity index (χ2n) is 9.03. The Morgan fingerprint density at radius 3 is 2.52 bits per heavy atom. The second-order valence-corrected chi connectivity index (χ2v) is 10.7. The molecule has 2 fully saturated rings. The van der Waals surface area contributed by atoms with Gasteiger partial charge in [0.05, 0.1) is 10.6 Å². The fourth-order valence-electron chi connectivity index (χ4n) is 4.68. The Labute approximate surface area is 183 Å². The van der Waals surface area contributed by atoms with Gasteiger partial charge in [-0.1, -0.05) is 19.8 Å². The van der Waals surface area contributed by atoms with E-state index in [4.69, 9.17) is 4.74 Å². The summed E-state index contributed by atoms with van der Waals surface area (Å²) in [5, 5.41) is 3.03. The third kappa shape index (κ3) is 5.20. The third-order valence-corrected chi connectivity index (χ3v) is 8.06. The molecule has 1 aromatic carbocycles. The first-order chi connectivity index (χ1) is 14.8. The number of hydrogen-bond acceptors (Lipinski definition) is 5. The summed E-state index contributed by atoms with van der Waals surface area (Å²) in [6, 6.07) is 4.56. The number of carbonyl (C=O) groups excluding carboxylic acids is 2. The molecule has 4 rings (SSSR count). The first-order valence-corrected chi connectivity index (χ1v) is 12.7. The SMILES string of the molecule is CC1CCC(NC(=O)CN2C(=O)COc3cc(S(=O)(=O)NC4CCCC4)ccc32)CC1. The van der Waals surface area contributed by atoms with Gasteiger partial charge in [-0.05, 0) is 56.6 Å². The summed E-state index contributed by atoms with van der Waals surface area (Å²) in [7, 11) is -3.67. The Morgan fingerprint density at radius 1 is 1.10 bits per heavy atom. The molecule has 0 atom stereocenters. The molecule has 9 heteroatoms. The first-order valence-electron chi connectivity index (χ1n) is 11.2. The summed E-state index contributed by atoms with van der Waals surface area (Å²) in [4.78, 5) is 26.5. The topological polar surface area (TPSA) is 105 Å². The molecule has 0 saturated heterocycles. The van der Waals surface area contributed by atoms with E-state index in [-0.39, 0.29) is 41.9 Å². The van der Waals surface area contributed by atoms with E-state index in [2.05, 4.69) is 17.0 Å². The van der Waals surface area contributed by atoms with Gasteiger partial charge in [-0.2, -0.15) is 0 Å². The van der Waals surface area contributed by atoms with Crippen molar-refractivity contribution in [3.05, 3.63) is 18.2 Å². The molecule has 0 spiro atoms. The normalized spacial score (nSPS) is 24.5. The van der Waals surface area contributed by atoms with Gasteiger partial charge in [0.1, 0.15) is 12.3 Å². The average molecular weight is 450 g/mol. The molecule has 2 N–H and O–H groups in total. The van der Waals surface area contributed by atoms with Crippen LogP contribution in [-0.2, 0) is 19.6 Å². The molecule has 2 saturated carbocycles. The van der Waals surface area contributed by atoms with Crippen LogP contribution in [0.2, 0.25) is 0 Å². The number of amides is 2. The average Bonchev–Trinajstić information content (AvgIpc) is 3.24. The number of rotatable bonds is 6. The Kier molecular flexibility index (Phi) is 6.52. The maximum atomic E-state index is 12.7. The molecule has 3 aliphatic rings. The van der Waals surface area contributed by atoms with Crippen LogP contribution in [0.3, 0.4) is 0 Å². The van der Waals surface area contributed by atoms with Crippen molar-refractivity contribution in [2.75, 3.05) is 18.1 Å². The molecule has 0 aromatic heterocycles. The van der Waals surface area contributed by atoms with Gasteiger partial charge in [0.15, 0.2) is 6.61 Å². The number of ether oxygens (including phenoxy) is 1. The molecule has 31 heavy (non-hydrogen) atoms. The fraction of sp³-hybridized carbons (Fsp3) is 0.636. The summed E-state index contributed by atoms with van der Waals surface area (Å²) in [6.07, 6.45) is 7.84. The molecular weight excluding hydrogens is 418 g/mol. The quantitative estimate of drug-likeness (QED) is 0.694. The molecule has 2 amide bonds. The van der Waals surface area contributed by atoms with Gasteiger partial charge >= 0.3 is 0 Å². The minimum absolute atomic E-state index is 0.0357. The van der Waals surface area contributed by atoms with Gasteiger partial charge in [-0.15, -0.1) is 0 Å². The highest BCUT2D eigenvalue weighted by Crippen LogP contribution is 2.34. The summed E-state index contributed by atoms with van der Waals surface area (Å²) >= 11 is 0. The lowest BCUT2D eigenvalue weighted by Crippen LogP contribution is -2.47. The van der Waals surface area contributed by atoms with E-state index in [0.717, 1.165) is 51.4 Å². The Morgan fingerprint density at radius 2 is 1.81 bits per heavy atom. The summed E-state index contributed by atoms with van der Waals surface area (Å²) in [6.45, 7) is 1.90. The molecule has 2 aliphatic carbocycles. The van der Waals surface area contributed by atoms with Crippen LogP contribution < -0.4 is 19.7 Å². The maximum absolute atomic E-state index is 12.7. The lowest BCUT2D eigenvalue weighted by atomic mass is 9.87. The molecule has 0 radical (unpaired) electrons. The maximum Gasteiger partial charge on any atom is 0.265 e. The number of benzene rings is 1. The van der Waals surface area contributed by atoms with E-state index >= 15 is 0 Å². The molecular formula is C22H31N3O5S. The van der Waals surface area contributed by atoms with E-state index in [1.165, 1.54) is 17.0 Å². The van der Waals surface area contributed by atoms with Gasteiger partial charge in [0, 0.05) is 18.2 Å². The van der Waals surface area contributed by atoms with Gasteiger partial charge in [-0.25, -0.2) is 13.1 Å². The third-order valence-electron chi connectivity index (χ3n) is 6.54. The van der Waals surface area contributed by atoms with E-state index in [1.807, 2.05) is 0 Å². The van der Waals surface area contributed by atoms with Crippen LogP contribution in [0.4, 0.5) is 5.69 Å². The number of nitrogens with zero attached hydrogens (tertiary/aromatic N) is 1. The predicted octanol–water partition coefficient (Wildman–Crippen LogP) is 2.33. The molecule has 0 bridgehead atoms. The number of fused-ring (bicyclic) bond motifs is 1. The monoisotopic (exact) mass is 449 g/mol. The molecule has 1 aromatic rings. The zero-order valence-corrected chi connectivity index (χ0v) is 18.7. The van der Waals surface area contributed by atoms with E-state index in [1.54, 1.807) is 6.07 Å². The molecule has 1 heterocycles. The van der Waals surface area contributed by atoms with Crippen LogP contribution in [0.15, 0.2) is 23.1 Å². The zero-order valence-electron chi connectivity index (χ0n) is 17.9. The first kappa shape index (κ1) is 22.1. The van der Waals surface area contributed by atoms with Crippen molar-refractivity contribution in [1.82, 2.24) is 10.0 Å². The number of carbonyl (C=O) groups is 2. The molecule has 0 unspecified atom stereocenters. The fourth-order valence-corrected chi connectivity index (χ4v) is 6.00. The smallest absolute Gasteiger partial charge is 0.265 e. The van der Waals surface area contributed by atoms with Crippen molar-refractivity contribution in [3.63, 3.8) is 0 Å². The van der Waals surface area contributed by atoms with Crippen molar-refractivity contribution in [3.8, 4) is 5.75 Å². The van der Waals surface area contributed by atoms with E-state index in [0.29, 0.717) is 17.4 Å². The van der Waals surface area contributed by atoms with Crippen LogP contribution in [0.1, 0.15) is 58.3 Å². The molecule has 170 valence electrons. The second kappa shape index (κ2) is 9.16. The van der Waals surface area contributed by atoms with Crippen molar-refractivity contribution in [2.45, 2.75) is 75.3 Å². The highest BCUT2D eigenvalue weighted by Gasteiger charge is 2.31. The van der Waals surface area contributed by atoms with Gasteiger partial charge in [-0.3, -0.25) is 14.5 Å². The molecule has 8 nitrogen and oxygen atoms in total. The number of hydrogen-bond donors (Lipinski definition) is 2. The van der Waals surface area contributed by atoms with Crippen molar-refractivity contribution >= 4 is 27.5 Å². The van der Waals surface area contributed by atoms with Crippen molar-refractivity contribution in [1.29, 1.82) is 0 Å². The van der Waals surface area contributed by atoms with Crippen molar-refractivity contribution < 1.29 is 22.7 Å². The summed E-state index contributed by atoms with van der Waals surface area (Å²) in [5.74, 6) is 0.461. The van der Waals surface area contributed by atoms with Gasteiger partial charge in [0.25, 0.3) is 5.91 Å². The zero-order chi connectivity index (χ0) is 22.0. The number of anilines is 1. The van der Waals surface area contributed by atoms with Crippen LogP contribution in [0, 0.1) is 5.92 Å². The number of nitrogens with one attached hydrogen (secondary N) is 2. The van der Waals surface area contributed by atoms with Crippen molar-refractivity contribution in [2.24, 2.45) is 5.92 Å².